The molecule has 0 saturated heterocycles. The van der Waals surface area contributed by atoms with E-state index in [1.54, 1.807) is 13.3 Å². The molecule has 0 saturated carbocycles. The molecule has 1 N–H and O–H groups in total. The summed E-state index contributed by atoms with van der Waals surface area (Å²) in [6.45, 7) is 5.05. The highest BCUT2D eigenvalue weighted by molar-refractivity contribution is 7.57. The van der Waals surface area contributed by atoms with Crippen molar-refractivity contribution in [3.63, 3.8) is 0 Å². The van der Waals surface area contributed by atoms with Crippen LogP contribution < -0.4 is 5.32 Å². The molecule has 0 aromatic rings. The number of hydrogen-bond acceptors (Lipinski definition) is 3. The van der Waals surface area contributed by atoms with Gasteiger partial charge in [0.1, 0.15) is 0 Å². The maximum atomic E-state index is 11.1. The first kappa shape index (κ1) is 13.2. The lowest BCUT2D eigenvalue weighted by Crippen LogP contribution is -2.07. The van der Waals surface area contributed by atoms with Gasteiger partial charge in [0.05, 0.1) is 6.61 Å². The van der Waals surface area contributed by atoms with Gasteiger partial charge in [-0.3, -0.25) is 4.57 Å². The van der Waals surface area contributed by atoms with Crippen LogP contribution in [0.2, 0.25) is 0 Å². The first-order valence-corrected chi connectivity index (χ1v) is 7.42. The van der Waals surface area contributed by atoms with Crippen molar-refractivity contribution in [2.45, 2.75) is 25.7 Å². The molecule has 0 amide bonds. The Hall–Kier alpha value is 0.150. The molecule has 3 nitrogen and oxygen atoms in total. The van der Waals surface area contributed by atoms with Crippen LogP contribution in [0.1, 0.15) is 25.7 Å². The maximum Gasteiger partial charge on any atom is 0.197 e. The molecular formula is C9H22NO2P. The molecule has 0 unspecified atom stereocenters. The summed E-state index contributed by atoms with van der Waals surface area (Å²) in [5, 5.41) is 3.11. The molecule has 80 valence electrons. The van der Waals surface area contributed by atoms with Crippen LogP contribution in [0.3, 0.4) is 0 Å². The van der Waals surface area contributed by atoms with Crippen molar-refractivity contribution in [2.75, 3.05) is 33.5 Å². The summed E-state index contributed by atoms with van der Waals surface area (Å²) >= 11 is 0. The fourth-order valence-corrected chi connectivity index (χ4v) is 1.61. The monoisotopic (exact) mass is 207 g/mol. The smallest absolute Gasteiger partial charge is 0.197 e. The Balaban J connectivity index is 3.04. The zero-order chi connectivity index (χ0) is 10.2. The molecule has 4 heteroatoms. The second-order valence-electron chi connectivity index (χ2n) is 3.60. The first-order valence-electron chi connectivity index (χ1n) is 4.90. The van der Waals surface area contributed by atoms with Crippen LogP contribution in [0.4, 0.5) is 0 Å². The van der Waals surface area contributed by atoms with Crippen molar-refractivity contribution in [3.8, 4) is 0 Å². The van der Waals surface area contributed by atoms with Gasteiger partial charge in [0.15, 0.2) is 7.37 Å². The van der Waals surface area contributed by atoms with E-state index in [2.05, 4.69) is 5.32 Å². The van der Waals surface area contributed by atoms with Crippen LogP contribution >= 0.6 is 7.37 Å². The minimum absolute atomic E-state index is 0.643. The van der Waals surface area contributed by atoms with E-state index in [0.717, 1.165) is 13.0 Å². The molecule has 0 radical (unpaired) electrons. The van der Waals surface area contributed by atoms with E-state index in [1.807, 2.05) is 7.05 Å². The topological polar surface area (TPSA) is 38.3 Å². The SMILES string of the molecule is CNCCCCCCOP(C)(C)=O. The average molecular weight is 207 g/mol. The van der Waals surface area contributed by atoms with Crippen LogP contribution in [0.15, 0.2) is 0 Å². The molecule has 0 atom stereocenters. The number of rotatable bonds is 8. The van der Waals surface area contributed by atoms with Crippen LogP contribution in [-0.2, 0) is 9.09 Å². The first-order chi connectivity index (χ1) is 6.06. The predicted molar refractivity (Wildman–Crippen MR) is 57.8 cm³/mol. The highest BCUT2D eigenvalue weighted by atomic mass is 31.2. The van der Waals surface area contributed by atoms with Crippen molar-refractivity contribution in [3.05, 3.63) is 0 Å². The van der Waals surface area contributed by atoms with E-state index in [-0.39, 0.29) is 0 Å². The average Bonchev–Trinajstić information content (AvgIpc) is 2.01. The largest absolute Gasteiger partial charge is 0.329 e. The quantitative estimate of drug-likeness (QED) is 0.490. The van der Waals surface area contributed by atoms with Crippen molar-refractivity contribution in [1.82, 2.24) is 5.32 Å². The van der Waals surface area contributed by atoms with Gasteiger partial charge in [-0.05, 0) is 26.4 Å². The number of nitrogens with one attached hydrogen (secondary N) is 1. The fourth-order valence-electron chi connectivity index (χ4n) is 1.04. The Bertz CT molecular complexity index is 156. The summed E-state index contributed by atoms with van der Waals surface area (Å²) in [5.41, 5.74) is 0. The van der Waals surface area contributed by atoms with E-state index in [4.69, 9.17) is 4.52 Å². The fraction of sp³-hybridized carbons (Fsp3) is 1.00. The van der Waals surface area contributed by atoms with E-state index in [1.165, 1.54) is 19.3 Å². The van der Waals surface area contributed by atoms with E-state index < -0.39 is 7.37 Å². The van der Waals surface area contributed by atoms with Gasteiger partial charge in [-0.25, -0.2) is 0 Å². The van der Waals surface area contributed by atoms with Crippen molar-refractivity contribution in [1.29, 1.82) is 0 Å². The zero-order valence-electron chi connectivity index (χ0n) is 9.01. The molecule has 0 rings (SSSR count). The summed E-state index contributed by atoms with van der Waals surface area (Å²) in [4.78, 5) is 0. The van der Waals surface area contributed by atoms with Gasteiger partial charge in [-0.1, -0.05) is 12.8 Å². The van der Waals surface area contributed by atoms with Gasteiger partial charge in [0, 0.05) is 13.3 Å². The molecule has 0 aromatic carbocycles. The van der Waals surface area contributed by atoms with E-state index in [0.29, 0.717) is 6.61 Å². The van der Waals surface area contributed by atoms with E-state index >= 15 is 0 Å². The standard InChI is InChI=1S/C9H22NO2P/c1-10-8-6-4-5-7-9-12-13(2,3)11/h10H,4-9H2,1-3H3. The molecule has 13 heavy (non-hydrogen) atoms. The Labute approximate surface area is 81.7 Å². The summed E-state index contributed by atoms with van der Waals surface area (Å²) in [5.74, 6) is 0. The lowest BCUT2D eigenvalue weighted by Gasteiger charge is -2.07. The van der Waals surface area contributed by atoms with Gasteiger partial charge in [0.2, 0.25) is 0 Å². The molecule has 0 fully saturated rings. The van der Waals surface area contributed by atoms with Crippen LogP contribution in [-0.4, -0.2) is 33.5 Å². The second-order valence-corrected chi connectivity index (χ2v) is 6.37. The van der Waals surface area contributed by atoms with Crippen LogP contribution in [0.25, 0.3) is 0 Å². The molecule has 0 aromatic heterocycles. The third-order valence-electron chi connectivity index (χ3n) is 1.72. The van der Waals surface area contributed by atoms with Crippen molar-refractivity contribution < 1.29 is 9.09 Å². The normalized spacial score (nSPS) is 11.9. The lowest BCUT2D eigenvalue weighted by atomic mass is 10.2. The molecule has 0 aliphatic carbocycles. The minimum Gasteiger partial charge on any atom is -0.329 e. The number of unbranched alkanes of at least 4 members (excludes halogenated alkanes) is 3. The second kappa shape index (κ2) is 7.54. The van der Waals surface area contributed by atoms with Gasteiger partial charge < -0.3 is 9.84 Å². The molecule has 0 bridgehead atoms. The molecule has 0 spiro atoms. The van der Waals surface area contributed by atoms with Crippen molar-refractivity contribution in [2.24, 2.45) is 0 Å². The predicted octanol–water partition coefficient (Wildman–Crippen LogP) is 2.32. The summed E-state index contributed by atoms with van der Waals surface area (Å²) in [6, 6.07) is 0. The van der Waals surface area contributed by atoms with Gasteiger partial charge >= 0.3 is 0 Å². The highest BCUT2D eigenvalue weighted by Gasteiger charge is 2.04. The Kier molecular flexibility index (Phi) is 7.63. The molecular weight excluding hydrogens is 185 g/mol. The van der Waals surface area contributed by atoms with E-state index in [9.17, 15) is 4.57 Å². The third-order valence-corrected chi connectivity index (χ3v) is 2.53. The van der Waals surface area contributed by atoms with Gasteiger partial charge in [0.25, 0.3) is 0 Å². The third kappa shape index (κ3) is 12.1. The summed E-state index contributed by atoms with van der Waals surface area (Å²) in [6.07, 6.45) is 4.63. The zero-order valence-corrected chi connectivity index (χ0v) is 9.90. The lowest BCUT2D eigenvalue weighted by molar-refractivity contribution is 0.308. The number of hydrogen-bond donors (Lipinski definition) is 1. The van der Waals surface area contributed by atoms with Crippen LogP contribution in [0, 0.1) is 0 Å². The Morgan fingerprint density at radius 2 is 1.77 bits per heavy atom. The van der Waals surface area contributed by atoms with Gasteiger partial charge in [-0.15, -0.1) is 0 Å². The van der Waals surface area contributed by atoms with Gasteiger partial charge in [-0.2, -0.15) is 0 Å². The summed E-state index contributed by atoms with van der Waals surface area (Å²) in [7, 11) is -0.274. The molecule has 0 aliphatic rings. The Morgan fingerprint density at radius 3 is 2.31 bits per heavy atom. The van der Waals surface area contributed by atoms with Crippen molar-refractivity contribution >= 4 is 7.37 Å². The highest BCUT2D eigenvalue weighted by Crippen LogP contribution is 2.37. The maximum absolute atomic E-state index is 11.1. The minimum atomic E-state index is -2.24. The summed E-state index contributed by atoms with van der Waals surface area (Å²) < 4.78 is 16.3. The van der Waals surface area contributed by atoms with Crippen LogP contribution in [0.5, 0.6) is 0 Å². The molecule has 0 aliphatic heterocycles. The molecule has 0 heterocycles. The Morgan fingerprint density at radius 1 is 1.15 bits per heavy atom.